The number of carbonyl (C=O) groups is 4. The van der Waals surface area contributed by atoms with Crippen molar-refractivity contribution in [2.75, 3.05) is 39.6 Å². The van der Waals surface area contributed by atoms with E-state index in [1.54, 1.807) is 0 Å². The molecule has 0 aromatic heterocycles. The SMILES string of the molecule is CCCCCCCCCCCCCCCCCCCCCC(=O)O[C@H](COC(=O)CCCCCCCCCCCCCCCC(C)C)COP(=O)(O)OC[C@@H](O)COP(=O)(O)OC[C@@H](COC(=O)CCCCCCCCCCCCC)OC(=O)CCCCCCCCCCC(C)C. The average molecular weight is 1420 g/mol. The van der Waals surface area contributed by atoms with Crippen molar-refractivity contribution in [2.45, 2.75) is 426 Å². The summed E-state index contributed by atoms with van der Waals surface area (Å²) in [5.74, 6) is -0.604. The Bertz CT molecular complexity index is 1870. The van der Waals surface area contributed by atoms with Crippen LogP contribution in [0.1, 0.15) is 408 Å². The third-order valence-corrected chi connectivity index (χ3v) is 20.1. The van der Waals surface area contributed by atoms with Crippen LogP contribution < -0.4 is 0 Å². The minimum absolute atomic E-state index is 0.105. The number of aliphatic hydroxyl groups excluding tert-OH is 1. The second-order valence-electron chi connectivity index (χ2n) is 29.1. The van der Waals surface area contributed by atoms with Crippen LogP contribution in [-0.2, 0) is 65.4 Å². The number of ether oxygens (including phenoxy) is 4. The van der Waals surface area contributed by atoms with Crippen LogP contribution in [0.5, 0.6) is 0 Å². The molecule has 0 rings (SSSR count). The van der Waals surface area contributed by atoms with Gasteiger partial charge < -0.3 is 33.8 Å². The number of hydrogen-bond acceptors (Lipinski definition) is 15. The molecule has 3 N–H and O–H groups in total. The number of aliphatic hydroxyl groups is 1. The van der Waals surface area contributed by atoms with Crippen LogP contribution in [0.4, 0.5) is 0 Å². The van der Waals surface area contributed by atoms with Gasteiger partial charge in [0.25, 0.3) is 0 Å². The van der Waals surface area contributed by atoms with Crippen molar-refractivity contribution in [3.05, 3.63) is 0 Å². The molecule has 0 aromatic carbocycles. The summed E-state index contributed by atoms with van der Waals surface area (Å²) in [7, 11) is -9.91. The van der Waals surface area contributed by atoms with E-state index in [2.05, 4.69) is 41.5 Å². The second-order valence-corrected chi connectivity index (χ2v) is 32.0. The molecule has 97 heavy (non-hydrogen) atoms. The highest BCUT2D eigenvalue weighted by atomic mass is 31.2. The Hall–Kier alpha value is -1.94. The lowest BCUT2D eigenvalue weighted by atomic mass is 10.0. The Labute approximate surface area is 594 Å². The van der Waals surface area contributed by atoms with E-state index in [9.17, 15) is 43.2 Å². The first-order valence-electron chi connectivity index (χ1n) is 40.5. The molecule has 0 fully saturated rings. The molecule has 0 aliphatic heterocycles. The Morgan fingerprint density at radius 1 is 0.278 bits per heavy atom. The Morgan fingerprint density at radius 2 is 0.474 bits per heavy atom. The quantitative estimate of drug-likeness (QED) is 0.0222. The molecule has 0 radical (unpaired) electrons. The van der Waals surface area contributed by atoms with Gasteiger partial charge in [-0.1, -0.05) is 356 Å². The van der Waals surface area contributed by atoms with Crippen LogP contribution in [0.3, 0.4) is 0 Å². The van der Waals surface area contributed by atoms with Gasteiger partial charge in [0.15, 0.2) is 12.2 Å². The van der Waals surface area contributed by atoms with Crippen LogP contribution in [0, 0.1) is 11.8 Å². The Balaban J connectivity index is 5.23. The number of unbranched alkanes of at least 4 members (excludes halogenated alkanes) is 47. The highest BCUT2D eigenvalue weighted by Crippen LogP contribution is 2.45. The smallest absolute Gasteiger partial charge is 0.462 e. The van der Waals surface area contributed by atoms with Crippen molar-refractivity contribution >= 4 is 39.5 Å². The molecule has 0 spiro atoms. The van der Waals surface area contributed by atoms with Gasteiger partial charge in [0.05, 0.1) is 26.4 Å². The maximum Gasteiger partial charge on any atom is 0.472 e. The van der Waals surface area contributed by atoms with Crippen molar-refractivity contribution in [1.29, 1.82) is 0 Å². The van der Waals surface area contributed by atoms with E-state index in [1.807, 2.05) is 0 Å². The van der Waals surface area contributed by atoms with Crippen molar-refractivity contribution in [2.24, 2.45) is 11.8 Å². The molecule has 19 heteroatoms. The van der Waals surface area contributed by atoms with Gasteiger partial charge in [0, 0.05) is 25.7 Å². The molecular weight excluding hydrogens is 1270 g/mol. The van der Waals surface area contributed by atoms with Crippen LogP contribution in [-0.4, -0.2) is 96.7 Å². The summed E-state index contributed by atoms with van der Waals surface area (Å²) in [6.45, 7) is 9.59. The van der Waals surface area contributed by atoms with Crippen LogP contribution >= 0.6 is 15.6 Å². The summed E-state index contributed by atoms with van der Waals surface area (Å²) in [4.78, 5) is 72.9. The van der Waals surface area contributed by atoms with Crippen LogP contribution in [0.15, 0.2) is 0 Å². The molecule has 0 aromatic rings. The van der Waals surface area contributed by atoms with E-state index in [0.29, 0.717) is 25.7 Å². The highest BCUT2D eigenvalue weighted by molar-refractivity contribution is 7.47. The van der Waals surface area contributed by atoms with Gasteiger partial charge in [0.2, 0.25) is 0 Å². The number of esters is 4. The predicted octanol–water partition coefficient (Wildman–Crippen LogP) is 23.1. The zero-order valence-electron chi connectivity index (χ0n) is 63.4. The van der Waals surface area contributed by atoms with Gasteiger partial charge in [-0.05, 0) is 37.5 Å². The van der Waals surface area contributed by atoms with E-state index in [4.69, 9.17) is 37.0 Å². The first kappa shape index (κ1) is 95.1. The van der Waals surface area contributed by atoms with Gasteiger partial charge in [0.1, 0.15) is 19.3 Å². The van der Waals surface area contributed by atoms with Crippen molar-refractivity contribution < 1.29 is 80.2 Å². The van der Waals surface area contributed by atoms with E-state index >= 15 is 0 Å². The monoisotopic (exact) mass is 1420 g/mol. The fraction of sp³-hybridized carbons (Fsp3) is 0.949. The van der Waals surface area contributed by atoms with Gasteiger partial charge in [-0.15, -0.1) is 0 Å². The number of phosphoric acid groups is 2. The Kier molecular flexibility index (Phi) is 68.4. The fourth-order valence-corrected chi connectivity index (χ4v) is 13.6. The fourth-order valence-electron chi connectivity index (χ4n) is 12.0. The Morgan fingerprint density at radius 3 is 0.701 bits per heavy atom. The highest BCUT2D eigenvalue weighted by Gasteiger charge is 2.30. The molecule has 0 saturated heterocycles. The van der Waals surface area contributed by atoms with E-state index in [-0.39, 0.29) is 25.7 Å². The lowest BCUT2D eigenvalue weighted by molar-refractivity contribution is -0.161. The van der Waals surface area contributed by atoms with Crippen LogP contribution in [0.25, 0.3) is 0 Å². The molecule has 0 bridgehead atoms. The molecular formula is C78H152O17P2. The third-order valence-electron chi connectivity index (χ3n) is 18.2. The zero-order chi connectivity index (χ0) is 71.4. The first-order valence-corrected chi connectivity index (χ1v) is 43.5. The van der Waals surface area contributed by atoms with Crippen LogP contribution in [0.2, 0.25) is 0 Å². The first-order chi connectivity index (χ1) is 46.9. The molecule has 0 saturated carbocycles. The minimum Gasteiger partial charge on any atom is -0.462 e. The van der Waals surface area contributed by atoms with Crippen molar-refractivity contribution in [3.8, 4) is 0 Å². The summed E-state index contributed by atoms with van der Waals surface area (Å²) in [6.07, 6.45) is 58.3. The van der Waals surface area contributed by atoms with Crippen molar-refractivity contribution in [3.63, 3.8) is 0 Å². The third kappa shape index (κ3) is 72.2. The average Bonchev–Trinajstić information content (AvgIpc) is 2.10. The van der Waals surface area contributed by atoms with Gasteiger partial charge >= 0.3 is 39.5 Å². The summed E-state index contributed by atoms with van der Waals surface area (Å²) in [5.41, 5.74) is 0. The number of phosphoric ester groups is 2. The summed E-state index contributed by atoms with van der Waals surface area (Å²) < 4.78 is 68.6. The zero-order valence-corrected chi connectivity index (χ0v) is 65.2. The maximum atomic E-state index is 13.1. The summed E-state index contributed by atoms with van der Waals surface area (Å²) >= 11 is 0. The van der Waals surface area contributed by atoms with E-state index in [1.165, 1.54) is 225 Å². The summed E-state index contributed by atoms with van der Waals surface area (Å²) in [5, 5.41) is 10.6. The summed E-state index contributed by atoms with van der Waals surface area (Å²) in [6, 6.07) is 0. The van der Waals surface area contributed by atoms with Gasteiger partial charge in [-0.3, -0.25) is 37.3 Å². The standard InChI is InChI=1S/C78H152O17P2/c1-7-9-11-13-15-17-19-20-21-22-23-24-25-28-33-37-44-50-56-62-77(82)94-73(66-89-76(81)61-55-49-43-36-32-29-26-27-31-34-40-46-52-58-70(3)4)68-92-96(84,85)90-64-72(79)65-91-97(86,87)93-69-74(95-78(83)63-57-51-45-39-38-41-47-53-59-71(5)6)67-88-75(80)60-54-48-42-35-30-18-16-14-12-10-8-2/h70-74,79H,7-69H2,1-6H3,(H,84,85)(H,86,87)/t72-,73-,74-/m1/s1. The van der Waals surface area contributed by atoms with E-state index in [0.717, 1.165) is 102 Å². The second kappa shape index (κ2) is 69.8. The normalized spacial score (nSPS) is 14.0. The predicted molar refractivity (Wildman–Crippen MR) is 395 cm³/mol. The molecule has 0 aliphatic rings. The molecule has 17 nitrogen and oxygen atoms in total. The largest absolute Gasteiger partial charge is 0.472 e. The topological polar surface area (TPSA) is 237 Å². The molecule has 0 amide bonds. The van der Waals surface area contributed by atoms with Gasteiger partial charge in [-0.25, -0.2) is 9.13 Å². The molecule has 2 unspecified atom stereocenters. The minimum atomic E-state index is -4.96. The molecule has 0 heterocycles. The molecule has 5 atom stereocenters. The van der Waals surface area contributed by atoms with E-state index < -0.39 is 97.5 Å². The number of rotatable bonds is 77. The molecule has 0 aliphatic carbocycles. The van der Waals surface area contributed by atoms with Crippen molar-refractivity contribution in [1.82, 2.24) is 0 Å². The lowest BCUT2D eigenvalue weighted by Gasteiger charge is -2.21. The lowest BCUT2D eigenvalue weighted by Crippen LogP contribution is -2.30. The number of carbonyl (C=O) groups excluding carboxylic acids is 4. The maximum absolute atomic E-state index is 13.1. The molecule has 576 valence electrons. The van der Waals surface area contributed by atoms with Gasteiger partial charge in [-0.2, -0.15) is 0 Å². The number of hydrogen-bond donors (Lipinski definition) is 3.